The van der Waals surface area contributed by atoms with E-state index in [9.17, 15) is 9.59 Å². The number of carbonyl (C=O) groups excluding carboxylic acids is 2. The molecule has 0 heterocycles. The SMILES string of the molecule is CC(=O)OC1CCCC(/C=C/C(=O)OC2CC(C)CC(C)(C)C2)C1. The Hall–Kier alpha value is -1.32. The molecular formula is C20H32O4. The largest absolute Gasteiger partial charge is 0.463 e. The van der Waals surface area contributed by atoms with Crippen molar-refractivity contribution in [3.8, 4) is 0 Å². The molecule has 0 aromatic heterocycles. The van der Waals surface area contributed by atoms with Crippen molar-refractivity contribution in [1.29, 1.82) is 0 Å². The minimum atomic E-state index is -0.237. The topological polar surface area (TPSA) is 52.6 Å². The molecule has 4 atom stereocenters. The summed E-state index contributed by atoms with van der Waals surface area (Å²) in [6.45, 7) is 8.17. The molecule has 0 saturated heterocycles. The van der Waals surface area contributed by atoms with Gasteiger partial charge in [0, 0.05) is 13.0 Å². The van der Waals surface area contributed by atoms with Crippen molar-refractivity contribution >= 4 is 11.9 Å². The molecule has 4 nitrogen and oxygen atoms in total. The molecule has 2 aliphatic rings. The van der Waals surface area contributed by atoms with Crippen molar-refractivity contribution in [3.05, 3.63) is 12.2 Å². The van der Waals surface area contributed by atoms with Crippen LogP contribution in [0.3, 0.4) is 0 Å². The van der Waals surface area contributed by atoms with E-state index in [1.807, 2.05) is 6.08 Å². The van der Waals surface area contributed by atoms with Crippen molar-refractivity contribution < 1.29 is 19.1 Å². The van der Waals surface area contributed by atoms with Crippen LogP contribution in [0.15, 0.2) is 12.2 Å². The van der Waals surface area contributed by atoms with Gasteiger partial charge in [0.05, 0.1) is 0 Å². The molecule has 136 valence electrons. The number of hydrogen-bond donors (Lipinski definition) is 0. The van der Waals surface area contributed by atoms with Gasteiger partial charge in [0.25, 0.3) is 0 Å². The van der Waals surface area contributed by atoms with Crippen LogP contribution in [-0.4, -0.2) is 24.1 Å². The lowest BCUT2D eigenvalue weighted by Crippen LogP contribution is -2.33. The van der Waals surface area contributed by atoms with Crippen LogP contribution in [-0.2, 0) is 19.1 Å². The Bertz CT molecular complexity index is 480. The zero-order chi connectivity index (χ0) is 17.7. The van der Waals surface area contributed by atoms with Gasteiger partial charge < -0.3 is 9.47 Å². The summed E-state index contributed by atoms with van der Waals surface area (Å²) in [6.07, 6.45) is 10.4. The molecule has 2 saturated carbocycles. The molecule has 24 heavy (non-hydrogen) atoms. The zero-order valence-electron chi connectivity index (χ0n) is 15.5. The third kappa shape index (κ3) is 6.29. The Morgan fingerprint density at radius 1 is 1.04 bits per heavy atom. The second kappa shape index (κ2) is 8.17. The Morgan fingerprint density at radius 3 is 2.46 bits per heavy atom. The van der Waals surface area contributed by atoms with Gasteiger partial charge in [0.1, 0.15) is 12.2 Å². The summed E-state index contributed by atoms with van der Waals surface area (Å²) in [5.41, 5.74) is 0.243. The van der Waals surface area contributed by atoms with Crippen LogP contribution < -0.4 is 0 Å². The van der Waals surface area contributed by atoms with Crippen LogP contribution in [0.2, 0.25) is 0 Å². The fourth-order valence-electron chi connectivity index (χ4n) is 4.46. The average Bonchev–Trinajstić information content (AvgIpc) is 2.42. The summed E-state index contributed by atoms with van der Waals surface area (Å²) in [5, 5.41) is 0. The number of esters is 2. The van der Waals surface area contributed by atoms with Crippen molar-refractivity contribution in [2.24, 2.45) is 17.3 Å². The Morgan fingerprint density at radius 2 is 1.79 bits per heavy atom. The van der Waals surface area contributed by atoms with Crippen LogP contribution in [0.1, 0.15) is 72.6 Å². The fourth-order valence-corrected chi connectivity index (χ4v) is 4.46. The van der Waals surface area contributed by atoms with Crippen molar-refractivity contribution in [1.82, 2.24) is 0 Å². The minimum Gasteiger partial charge on any atom is -0.463 e. The lowest BCUT2D eigenvalue weighted by atomic mass is 9.71. The predicted octanol–water partition coefficient (Wildman–Crippen LogP) is 4.42. The van der Waals surface area contributed by atoms with E-state index in [0.29, 0.717) is 5.92 Å². The van der Waals surface area contributed by atoms with Gasteiger partial charge in [-0.1, -0.05) is 26.8 Å². The van der Waals surface area contributed by atoms with Crippen LogP contribution >= 0.6 is 0 Å². The molecule has 0 spiro atoms. The maximum absolute atomic E-state index is 12.1. The average molecular weight is 336 g/mol. The van der Waals surface area contributed by atoms with E-state index in [4.69, 9.17) is 9.47 Å². The maximum atomic E-state index is 12.1. The molecular weight excluding hydrogens is 304 g/mol. The molecule has 4 unspecified atom stereocenters. The van der Waals surface area contributed by atoms with Crippen molar-refractivity contribution in [3.63, 3.8) is 0 Å². The predicted molar refractivity (Wildman–Crippen MR) is 93.3 cm³/mol. The highest BCUT2D eigenvalue weighted by Crippen LogP contribution is 2.39. The highest BCUT2D eigenvalue weighted by atomic mass is 16.5. The van der Waals surface area contributed by atoms with Gasteiger partial charge in [0.2, 0.25) is 0 Å². The number of rotatable bonds is 4. The lowest BCUT2D eigenvalue weighted by Gasteiger charge is -2.38. The van der Waals surface area contributed by atoms with E-state index in [0.717, 1.165) is 38.5 Å². The molecule has 0 amide bonds. The molecule has 0 aromatic carbocycles. The third-order valence-electron chi connectivity index (χ3n) is 5.13. The number of ether oxygens (including phenoxy) is 2. The molecule has 2 fully saturated rings. The maximum Gasteiger partial charge on any atom is 0.330 e. The van der Waals surface area contributed by atoms with E-state index in [2.05, 4.69) is 20.8 Å². The van der Waals surface area contributed by atoms with E-state index >= 15 is 0 Å². The second-order valence-corrected chi connectivity index (χ2v) is 8.49. The molecule has 0 aliphatic heterocycles. The quantitative estimate of drug-likeness (QED) is 0.563. The minimum absolute atomic E-state index is 0.0121. The molecule has 0 radical (unpaired) electrons. The molecule has 4 heteroatoms. The van der Waals surface area contributed by atoms with Crippen LogP contribution in [0.25, 0.3) is 0 Å². The first-order valence-corrected chi connectivity index (χ1v) is 9.29. The zero-order valence-corrected chi connectivity index (χ0v) is 15.5. The number of allylic oxidation sites excluding steroid dienone is 1. The summed E-state index contributed by atoms with van der Waals surface area (Å²) in [7, 11) is 0. The van der Waals surface area contributed by atoms with Crippen molar-refractivity contribution in [2.75, 3.05) is 0 Å². The summed E-state index contributed by atoms with van der Waals surface area (Å²) < 4.78 is 11.0. The fraction of sp³-hybridized carbons (Fsp3) is 0.800. The van der Waals surface area contributed by atoms with Crippen LogP contribution in [0, 0.1) is 17.3 Å². The van der Waals surface area contributed by atoms with Gasteiger partial charge in [-0.15, -0.1) is 0 Å². The van der Waals surface area contributed by atoms with E-state index in [1.165, 1.54) is 13.3 Å². The van der Waals surface area contributed by atoms with Crippen LogP contribution in [0.4, 0.5) is 0 Å². The summed E-state index contributed by atoms with van der Waals surface area (Å²) in [6, 6.07) is 0. The monoisotopic (exact) mass is 336 g/mol. The smallest absolute Gasteiger partial charge is 0.330 e. The summed E-state index contributed by atoms with van der Waals surface area (Å²) in [4.78, 5) is 23.2. The Kier molecular flexibility index (Phi) is 6.47. The van der Waals surface area contributed by atoms with Gasteiger partial charge in [0.15, 0.2) is 0 Å². The Labute approximate surface area is 146 Å². The van der Waals surface area contributed by atoms with Gasteiger partial charge in [-0.05, 0) is 62.2 Å². The number of carbonyl (C=O) groups is 2. The molecule has 2 aliphatic carbocycles. The van der Waals surface area contributed by atoms with E-state index in [1.54, 1.807) is 6.08 Å². The van der Waals surface area contributed by atoms with E-state index < -0.39 is 0 Å². The van der Waals surface area contributed by atoms with Crippen molar-refractivity contribution in [2.45, 2.75) is 84.8 Å². The summed E-state index contributed by atoms with van der Waals surface area (Å²) >= 11 is 0. The first kappa shape index (κ1) is 19.0. The van der Waals surface area contributed by atoms with Gasteiger partial charge in [-0.3, -0.25) is 4.79 Å². The van der Waals surface area contributed by atoms with Crippen LogP contribution in [0.5, 0.6) is 0 Å². The molecule has 0 N–H and O–H groups in total. The standard InChI is InChI=1S/C20H32O4/c1-14-10-18(13-20(3,4)12-14)24-19(22)9-8-16-6-5-7-17(11-16)23-15(2)21/h8-9,14,16-18H,5-7,10-13H2,1-4H3/b9-8+. The Balaban J connectivity index is 1.81. The normalized spacial score (nSPS) is 33.2. The highest BCUT2D eigenvalue weighted by molar-refractivity contribution is 5.82. The molecule has 2 rings (SSSR count). The van der Waals surface area contributed by atoms with Gasteiger partial charge in [-0.25, -0.2) is 4.79 Å². The molecule has 0 bridgehead atoms. The van der Waals surface area contributed by atoms with Gasteiger partial charge >= 0.3 is 11.9 Å². The van der Waals surface area contributed by atoms with Gasteiger partial charge in [-0.2, -0.15) is 0 Å². The summed E-state index contributed by atoms with van der Waals surface area (Å²) in [5.74, 6) is 0.424. The highest BCUT2D eigenvalue weighted by Gasteiger charge is 2.33. The first-order valence-electron chi connectivity index (χ1n) is 9.29. The van der Waals surface area contributed by atoms with E-state index in [-0.39, 0.29) is 35.5 Å². The number of hydrogen-bond acceptors (Lipinski definition) is 4. The third-order valence-corrected chi connectivity index (χ3v) is 5.13. The second-order valence-electron chi connectivity index (χ2n) is 8.49. The lowest BCUT2D eigenvalue weighted by molar-refractivity contribution is -0.149. The molecule has 0 aromatic rings. The first-order chi connectivity index (χ1) is 11.2.